The van der Waals surface area contributed by atoms with Gasteiger partial charge in [0, 0.05) is 5.56 Å². The first-order valence-electron chi connectivity index (χ1n) is 7.89. The maximum atomic E-state index is 12.9. The molecule has 0 unspecified atom stereocenters. The lowest BCUT2D eigenvalue weighted by Gasteiger charge is -2.12. The molecule has 29 heavy (non-hydrogen) atoms. The molecule has 0 aliphatic carbocycles. The van der Waals surface area contributed by atoms with Gasteiger partial charge in [0.1, 0.15) is 5.75 Å². The Bertz CT molecular complexity index is 915. The van der Waals surface area contributed by atoms with E-state index in [9.17, 15) is 35.9 Å². The van der Waals surface area contributed by atoms with Crippen LogP contribution < -0.4 is 10.5 Å². The van der Waals surface area contributed by atoms with Gasteiger partial charge in [-0.3, -0.25) is 9.59 Å². The van der Waals surface area contributed by atoms with Gasteiger partial charge in [-0.05, 0) is 42.0 Å². The van der Waals surface area contributed by atoms with Crippen LogP contribution in [-0.4, -0.2) is 18.3 Å². The highest BCUT2D eigenvalue weighted by molar-refractivity contribution is 6.07. The quantitative estimate of drug-likeness (QED) is 0.428. The van der Waals surface area contributed by atoms with E-state index in [-0.39, 0.29) is 17.4 Å². The lowest BCUT2D eigenvalue weighted by atomic mass is 10.0. The Labute approximate surface area is 160 Å². The molecule has 2 N–H and O–H groups in total. The molecule has 0 aliphatic rings. The van der Waals surface area contributed by atoms with Crippen LogP contribution in [-0.2, 0) is 17.1 Å². The fourth-order valence-electron chi connectivity index (χ4n) is 2.24. The van der Waals surface area contributed by atoms with E-state index in [2.05, 4.69) is 0 Å². The van der Waals surface area contributed by atoms with Gasteiger partial charge in [-0.25, -0.2) is 0 Å². The third-order valence-electron chi connectivity index (χ3n) is 3.54. The molecule has 0 bridgehead atoms. The van der Waals surface area contributed by atoms with Crippen LogP contribution in [0.15, 0.2) is 48.5 Å². The molecule has 10 heteroatoms. The van der Waals surface area contributed by atoms with Crippen molar-refractivity contribution >= 4 is 17.8 Å². The molecule has 0 heterocycles. The highest BCUT2D eigenvalue weighted by Gasteiger charge is 2.36. The zero-order valence-corrected chi connectivity index (χ0v) is 14.5. The summed E-state index contributed by atoms with van der Waals surface area (Å²) in [7, 11) is 0. The summed E-state index contributed by atoms with van der Waals surface area (Å²) in [4.78, 5) is 22.9. The van der Waals surface area contributed by atoms with Crippen LogP contribution in [0.1, 0.15) is 27.0 Å². The number of allylic oxidation sites excluding steroid dienone is 1. The van der Waals surface area contributed by atoms with E-state index in [1.54, 1.807) is 0 Å². The maximum Gasteiger partial charge on any atom is 0.416 e. The van der Waals surface area contributed by atoms with Crippen LogP contribution in [0.25, 0.3) is 6.08 Å². The van der Waals surface area contributed by atoms with E-state index in [1.807, 2.05) is 0 Å². The average Bonchev–Trinajstić information content (AvgIpc) is 2.63. The normalized spacial score (nSPS) is 12.2. The van der Waals surface area contributed by atoms with Crippen molar-refractivity contribution in [1.29, 1.82) is 0 Å². The fraction of sp³-hybridized carbons (Fsp3) is 0.158. The number of rotatable bonds is 6. The topological polar surface area (TPSA) is 69.4 Å². The van der Waals surface area contributed by atoms with Gasteiger partial charge in [0.25, 0.3) is 5.91 Å². The lowest BCUT2D eigenvalue weighted by molar-refractivity contribution is -0.143. The number of alkyl halides is 6. The molecule has 0 saturated carbocycles. The van der Waals surface area contributed by atoms with E-state index < -0.39 is 47.3 Å². The number of ketones is 1. The van der Waals surface area contributed by atoms with Gasteiger partial charge in [-0.1, -0.05) is 18.2 Å². The number of halogens is 6. The van der Waals surface area contributed by atoms with E-state index in [1.165, 1.54) is 24.3 Å². The van der Waals surface area contributed by atoms with Crippen molar-refractivity contribution in [3.8, 4) is 5.75 Å². The van der Waals surface area contributed by atoms with Crippen molar-refractivity contribution in [3.63, 3.8) is 0 Å². The molecule has 0 spiro atoms. The molecular weight excluding hydrogens is 404 g/mol. The smallest absolute Gasteiger partial charge is 0.416 e. The summed E-state index contributed by atoms with van der Waals surface area (Å²) in [6, 6.07) is 6.48. The summed E-state index contributed by atoms with van der Waals surface area (Å²) in [5.74, 6) is -1.30. The molecule has 0 fully saturated rings. The zero-order chi connectivity index (χ0) is 21.8. The zero-order valence-electron chi connectivity index (χ0n) is 14.5. The van der Waals surface area contributed by atoms with Crippen molar-refractivity contribution in [2.75, 3.05) is 6.61 Å². The van der Waals surface area contributed by atoms with Crippen LogP contribution in [0.4, 0.5) is 26.3 Å². The summed E-state index contributed by atoms with van der Waals surface area (Å²) >= 11 is 0. The van der Waals surface area contributed by atoms with Crippen molar-refractivity contribution in [1.82, 2.24) is 0 Å². The van der Waals surface area contributed by atoms with E-state index in [0.29, 0.717) is 12.1 Å². The van der Waals surface area contributed by atoms with Gasteiger partial charge in [-0.15, -0.1) is 0 Å². The van der Waals surface area contributed by atoms with Crippen LogP contribution >= 0.6 is 0 Å². The summed E-state index contributed by atoms with van der Waals surface area (Å²) in [5, 5.41) is 0. The third-order valence-corrected chi connectivity index (χ3v) is 3.54. The van der Waals surface area contributed by atoms with Crippen LogP contribution in [0.3, 0.4) is 0 Å². The largest absolute Gasteiger partial charge is 0.484 e. The predicted molar refractivity (Wildman–Crippen MR) is 90.9 cm³/mol. The second-order valence-corrected chi connectivity index (χ2v) is 5.82. The van der Waals surface area contributed by atoms with Crippen LogP contribution in [0.5, 0.6) is 5.75 Å². The second kappa shape index (κ2) is 8.38. The van der Waals surface area contributed by atoms with Crippen molar-refractivity contribution in [3.05, 3.63) is 70.8 Å². The molecule has 2 aromatic rings. The van der Waals surface area contributed by atoms with Crippen molar-refractivity contribution in [2.24, 2.45) is 5.73 Å². The van der Waals surface area contributed by atoms with Crippen molar-refractivity contribution < 1.29 is 40.7 Å². The summed E-state index contributed by atoms with van der Waals surface area (Å²) in [6.45, 7) is -0.433. The van der Waals surface area contributed by atoms with Gasteiger partial charge in [-0.2, -0.15) is 26.3 Å². The molecule has 0 aliphatic heterocycles. The predicted octanol–water partition coefficient (Wildman–Crippen LogP) is 4.48. The molecule has 4 nitrogen and oxygen atoms in total. The highest BCUT2D eigenvalue weighted by Crippen LogP contribution is 2.36. The number of ether oxygens (including phenoxy) is 1. The monoisotopic (exact) mass is 417 g/mol. The first kappa shape index (κ1) is 22.0. The average molecular weight is 417 g/mol. The minimum atomic E-state index is -4.99. The standard InChI is InChI=1S/C19H13F6NO3/c20-18(21,22)13-6-11(7-14(9-13)19(23,24)25)4-5-16(27)12-2-1-3-15(8-12)29-10-17(26)28/h1-9H,10H2,(H2,26,28). The molecule has 2 aromatic carbocycles. The Balaban J connectivity index is 2.30. The number of carbonyl (C=O) groups excluding carboxylic acids is 2. The second-order valence-electron chi connectivity index (χ2n) is 5.82. The number of nitrogens with two attached hydrogens (primary N) is 1. The Hall–Kier alpha value is -3.30. The number of carbonyl (C=O) groups is 2. The molecule has 2 rings (SSSR count). The number of amides is 1. The maximum absolute atomic E-state index is 12.9. The number of benzene rings is 2. The Morgan fingerprint density at radius 1 is 0.931 bits per heavy atom. The Morgan fingerprint density at radius 3 is 2.03 bits per heavy atom. The molecule has 0 radical (unpaired) electrons. The number of hydrogen-bond acceptors (Lipinski definition) is 3. The summed E-state index contributed by atoms with van der Waals surface area (Å²) in [6.07, 6.45) is -8.29. The Morgan fingerprint density at radius 2 is 1.52 bits per heavy atom. The first-order chi connectivity index (χ1) is 13.4. The van der Waals surface area contributed by atoms with E-state index in [0.717, 1.165) is 12.2 Å². The van der Waals surface area contributed by atoms with Gasteiger partial charge < -0.3 is 10.5 Å². The van der Waals surface area contributed by atoms with Gasteiger partial charge >= 0.3 is 12.4 Å². The van der Waals surface area contributed by atoms with Gasteiger partial charge in [0.05, 0.1) is 11.1 Å². The van der Waals surface area contributed by atoms with Gasteiger partial charge in [0.2, 0.25) is 0 Å². The third kappa shape index (κ3) is 6.37. The molecule has 0 atom stereocenters. The Kier molecular flexibility index (Phi) is 6.35. The number of hydrogen-bond donors (Lipinski definition) is 1. The lowest BCUT2D eigenvalue weighted by Crippen LogP contribution is -2.20. The van der Waals surface area contributed by atoms with Crippen LogP contribution in [0, 0.1) is 0 Å². The fourth-order valence-corrected chi connectivity index (χ4v) is 2.24. The van der Waals surface area contributed by atoms with E-state index >= 15 is 0 Å². The van der Waals surface area contributed by atoms with Crippen LogP contribution in [0.2, 0.25) is 0 Å². The molecular formula is C19H13F6NO3. The number of primary amides is 1. The summed E-state index contributed by atoms with van der Waals surface area (Å²) < 4.78 is 82.2. The SMILES string of the molecule is NC(=O)COc1cccc(C(=O)C=Cc2cc(C(F)(F)F)cc(C(F)(F)F)c2)c1. The summed E-state index contributed by atoms with van der Waals surface area (Å²) in [5.41, 5.74) is 1.57. The van der Waals surface area contributed by atoms with Gasteiger partial charge in [0.15, 0.2) is 12.4 Å². The molecule has 1 amide bonds. The molecule has 0 aromatic heterocycles. The van der Waals surface area contributed by atoms with E-state index in [4.69, 9.17) is 10.5 Å². The minimum Gasteiger partial charge on any atom is -0.484 e. The minimum absolute atomic E-state index is 0.00128. The van der Waals surface area contributed by atoms with Crippen molar-refractivity contribution in [2.45, 2.75) is 12.4 Å². The molecule has 154 valence electrons. The first-order valence-corrected chi connectivity index (χ1v) is 7.89. The molecule has 0 saturated heterocycles. The highest BCUT2D eigenvalue weighted by atomic mass is 19.4.